The summed E-state index contributed by atoms with van der Waals surface area (Å²) in [5.74, 6) is -1.19. The first-order valence-electron chi connectivity index (χ1n) is 5.23. The third-order valence-electron chi connectivity index (χ3n) is 2.16. The average Bonchev–Trinajstić information content (AvgIpc) is 2.76. The van der Waals surface area contributed by atoms with Crippen molar-refractivity contribution in [2.75, 3.05) is 5.32 Å². The molecule has 0 fully saturated rings. The maximum absolute atomic E-state index is 11.8. The minimum atomic E-state index is -1.05. The smallest absolute Gasteiger partial charge is 0.327 e. The van der Waals surface area contributed by atoms with Crippen LogP contribution in [0.3, 0.4) is 0 Å². The summed E-state index contributed by atoms with van der Waals surface area (Å²) in [5, 5.41) is 18.6. The van der Waals surface area contributed by atoms with Gasteiger partial charge in [0, 0.05) is 10.0 Å². The number of amides is 1. The molecular formula is C11H9BrN4O3. The van der Waals surface area contributed by atoms with Gasteiger partial charge in [0.1, 0.15) is 0 Å². The summed E-state index contributed by atoms with van der Waals surface area (Å²) in [6.45, 7) is -0.353. The van der Waals surface area contributed by atoms with Gasteiger partial charge in [-0.05, 0) is 24.3 Å². The van der Waals surface area contributed by atoms with Gasteiger partial charge in [-0.15, -0.1) is 5.10 Å². The van der Waals surface area contributed by atoms with Gasteiger partial charge >= 0.3 is 5.97 Å². The minimum Gasteiger partial charge on any atom is -0.480 e. The summed E-state index contributed by atoms with van der Waals surface area (Å²) in [7, 11) is 0. The number of aromatic nitrogens is 3. The molecule has 8 heteroatoms. The Morgan fingerprint density at radius 1 is 1.32 bits per heavy atom. The Kier molecular flexibility index (Phi) is 3.91. The highest BCUT2D eigenvalue weighted by atomic mass is 79.9. The Morgan fingerprint density at radius 3 is 2.63 bits per heavy atom. The quantitative estimate of drug-likeness (QED) is 0.885. The first-order chi connectivity index (χ1) is 9.04. The highest BCUT2D eigenvalue weighted by molar-refractivity contribution is 9.10. The van der Waals surface area contributed by atoms with Gasteiger partial charge in [-0.25, -0.2) is 0 Å². The number of benzene rings is 1. The number of nitrogens with zero attached hydrogens (tertiary/aromatic N) is 3. The fraction of sp³-hybridized carbons (Fsp3) is 0.0909. The van der Waals surface area contributed by atoms with Crippen molar-refractivity contribution in [1.29, 1.82) is 0 Å². The van der Waals surface area contributed by atoms with E-state index in [1.807, 2.05) is 0 Å². The van der Waals surface area contributed by atoms with Crippen LogP contribution in [0.4, 0.5) is 5.82 Å². The van der Waals surface area contributed by atoms with Gasteiger partial charge in [-0.3, -0.25) is 9.59 Å². The third-order valence-corrected chi connectivity index (χ3v) is 2.69. The molecule has 2 aromatic rings. The molecule has 1 aromatic heterocycles. The molecule has 19 heavy (non-hydrogen) atoms. The van der Waals surface area contributed by atoms with Crippen LogP contribution in [-0.2, 0) is 11.3 Å². The van der Waals surface area contributed by atoms with E-state index in [1.54, 1.807) is 24.3 Å². The lowest BCUT2D eigenvalue weighted by atomic mass is 10.2. The zero-order valence-corrected chi connectivity index (χ0v) is 11.2. The fourth-order valence-corrected chi connectivity index (χ4v) is 1.61. The molecule has 98 valence electrons. The van der Waals surface area contributed by atoms with Gasteiger partial charge in [-0.2, -0.15) is 9.90 Å². The summed E-state index contributed by atoms with van der Waals surface area (Å²) in [4.78, 5) is 23.3. The molecule has 0 radical (unpaired) electrons. The van der Waals surface area contributed by atoms with E-state index in [4.69, 9.17) is 5.11 Å². The van der Waals surface area contributed by atoms with Crippen molar-refractivity contribution >= 4 is 33.6 Å². The van der Waals surface area contributed by atoms with Crippen molar-refractivity contribution in [1.82, 2.24) is 15.0 Å². The summed E-state index contributed by atoms with van der Waals surface area (Å²) >= 11 is 3.27. The van der Waals surface area contributed by atoms with Gasteiger partial charge in [-0.1, -0.05) is 15.9 Å². The van der Waals surface area contributed by atoms with Crippen LogP contribution in [0.5, 0.6) is 0 Å². The van der Waals surface area contributed by atoms with Gasteiger partial charge in [0.25, 0.3) is 5.91 Å². The molecule has 1 aromatic carbocycles. The first-order valence-corrected chi connectivity index (χ1v) is 6.03. The van der Waals surface area contributed by atoms with E-state index in [-0.39, 0.29) is 18.3 Å². The Balaban J connectivity index is 2.04. The van der Waals surface area contributed by atoms with Crippen LogP contribution in [0.25, 0.3) is 0 Å². The number of aliphatic carboxylic acids is 1. The predicted molar refractivity (Wildman–Crippen MR) is 69.8 cm³/mol. The van der Waals surface area contributed by atoms with Crippen LogP contribution in [0.2, 0.25) is 0 Å². The molecule has 2 N–H and O–H groups in total. The molecule has 0 bridgehead atoms. The number of hydrogen-bond donors (Lipinski definition) is 2. The van der Waals surface area contributed by atoms with E-state index >= 15 is 0 Å². The molecule has 0 aliphatic carbocycles. The molecule has 7 nitrogen and oxygen atoms in total. The summed E-state index contributed by atoms with van der Waals surface area (Å²) in [6, 6.07) is 6.80. The molecule has 2 rings (SSSR count). The second-order valence-electron chi connectivity index (χ2n) is 3.61. The van der Waals surface area contributed by atoms with E-state index in [1.165, 1.54) is 6.20 Å². The fourth-order valence-electron chi connectivity index (χ4n) is 1.34. The van der Waals surface area contributed by atoms with Gasteiger partial charge in [0.15, 0.2) is 12.4 Å². The zero-order valence-electron chi connectivity index (χ0n) is 9.58. The summed E-state index contributed by atoms with van der Waals surface area (Å²) in [6.07, 6.45) is 1.29. The van der Waals surface area contributed by atoms with Crippen LogP contribution in [0.1, 0.15) is 10.4 Å². The number of rotatable bonds is 4. The standard InChI is InChI=1S/C11H9BrN4O3/c12-8-3-1-7(2-4-8)11(19)14-9-5-13-16(15-9)6-10(17)18/h1-5H,6H2,(H,17,18)(H,14,15,19). The van der Waals surface area contributed by atoms with Crippen molar-refractivity contribution in [2.24, 2.45) is 0 Å². The van der Waals surface area contributed by atoms with Crippen LogP contribution in [0.15, 0.2) is 34.9 Å². The maximum Gasteiger partial charge on any atom is 0.327 e. The molecule has 0 spiro atoms. The molecule has 0 unspecified atom stereocenters. The second-order valence-corrected chi connectivity index (χ2v) is 4.53. The van der Waals surface area contributed by atoms with E-state index in [0.29, 0.717) is 5.56 Å². The molecular weight excluding hydrogens is 316 g/mol. The Bertz CT molecular complexity index is 609. The van der Waals surface area contributed by atoms with Crippen LogP contribution >= 0.6 is 15.9 Å². The normalized spacial score (nSPS) is 10.2. The first kappa shape index (κ1) is 13.2. The molecule has 1 heterocycles. The lowest BCUT2D eigenvalue weighted by molar-refractivity contribution is -0.138. The summed E-state index contributed by atoms with van der Waals surface area (Å²) < 4.78 is 0.872. The predicted octanol–water partition coefficient (Wildman–Crippen LogP) is 1.38. The van der Waals surface area contributed by atoms with E-state index in [0.717, 1.165) is 9.27 Å². The zero-order chi connectivity index (χ0) is 13.8. The van der Waals surface area contributed by atoms with Crippen LogP contribution < -0.4 is 5.32 Å². The Labute approximate surface area is 116 Å². The summed E-state index contributed by atoms with van der Waals surface area (Å²) in [5.41, 5.74) is 0.469. The average molecular weight is 325 g/mol. The Hall–Kier alpha value is -2.22. The number of carboxylic acid groups (broad SMARTS) is 1. The molecule has 0 saturated carbocycles. The number of anilines is 1. The van der Waals surface area contributed by atoms with Gasteiger partial charge < -0.3 is 10.4 Å². The number of carboxylic acids is 1. The van der Waals surface area contributed by atoms with Crippen LogP contribution in [0, 0.1) is 0 Å². The van der Waals surface area contributed by atoms with E-state index in [9.17, 15) is 9.59 Å². The monoisotopic (exact) mass is 324 g/mol. The van der Waals surface area contributed by atoms with Gasteiger partial charge in [0.05, 0.1) is 6.20 Å². The topological polar surface area (TPSA) is 97.1 Å². The third kappa shape index (κ3) is 3.62. The number of halogens is 1. The lowest BCUT2D eigenvalue weighted by Crippen LogP contribution is -2.14. The molecule has 1 amide bonds. The van der Waals surface area contributed by atoms with Crippen molar-refractivity contribution < 1.29 is 14.7 Å². The molecule has 0 aliphatic heterocycles. The van der Waals surface area contributed by atoms with Gasteiger partial charge in [0.2, 0.25) is 0 Å². The van der Waals surface area contributed by atoms with Crippen molar-refractivity contribution in [3.05, 3.63) is 40.5 Å². The molecule has 0 aliphatic rings. The SMILES string of the molecule is O=C(O)Cn1ncc(NC(=O)c2ccc(Br)cc2)n1. The van der Waals surface area contributed by atoms with E-state index in [2.05, 4.69) is 31.4 Å². The Morgan fingerprint density at radius 2 is 2.00 bits per heavy atom. The minimum absolute atomic E-state index is 0.203. The largest absolute Gasteiger partial charge is 0.480 e. The highest BCUT2D eigenvalue weighted by Crippen LogP contribution is 2.11. The van der Waals surface area contributed by atoms with Crippen LogP contribution in [-0.4, -0.2) is 32.0 Å². The van der Waals surface area contributed by atoms with Crippen molar-refractivity contribution in [2.45, 2.75) is 6.54 Å². The maximum atomic E-state index is 11.8. The second kappa shape index (κ2) is 5.61. The number of hydrogen-bond acceptors (Lipinski definition) is 4. The van der Waals surface area contributed by atoms with E-state index < -0.39 is 5.97 Å². The van der Waals surface area contributed by atoms with Crippen molar-refractivity contribution in [3.8, 4) is 0 Å². The van der Waals surface area contributed by atoms with Crippen molar-refractivity contribution in [3.63, 3.8) is 0 Å². The molecule has 0 saturated heterocycles. The molecule has 0 atom stereocenters. The highest BCUT2D eigenvalue weighted by Gasteiger charge is 2.09. The number of nitrogens with one attached hydrogen (secondary N) is 1. The number of carbonyl (C=O) groups excluding carboxylic acids is 1. The number of carbonyl (C=O) groups is 2. The lowest BCUT2D eigenvalue weighted by Gasteiger charge is -2.01.